The molecule has 0 radical (unpaired) electrons. The fourth-order valence-corrected chi connectivity index (χ4v) is 3.55. The molecular formula is C18H21N5. The Morgan fingerprint density at radius 3 is 2.43 bits per heavy atom. The Kier molecular flexibility index (Phi) is 3.69. The Morgan fingerprint density at radius 2 is 1.70 bits per heavy atom. The lowest BCUT2D eigenvalue weighted by molar-refractivity contribution is 0.416. The van der Waals surface area contributed by atoms with Crippen LogP contribution in [0.3, 0.4) is 0 Å². The molecule has 1 aliphatic carbocycles. The molecule has 0 aliphatic heterocycles. The van der Waals surface area contributed by atoms with Crippen LogP contribution in [-0.4, -0.2) is 19.7 Å². The second kappa shape index (κ2) is 5.99. The summed E-state index contributed by atoms with van der Waals surface area (Å²) in [6.45, 7) is 0. The van der Waals surface area contributed by atoms with Gasteiger partial charge in [0.1, 0.15) is 17.8 Å². The highest BCUT2D eigenvalue weighted by molar-refractivity contribution is 5.98. The van der Waals surface area contributed by atoms with Gasteiger partial charge in [-0.15, -0.1) is 0 Å². The number of nitrogens with zero attached hydrogens (tertiary/aromatic N) is 4. The summed E-state index contributed by atoms with van der Waals surface area (Å²) >= 11 is 0. The van der Waals surface area contributed by atoms with Gasteiger partial charge in [0.05, 0.1) is 11.4 Å². The summed E-state index contributed by atoms with van der Waals surface area (Å²) in [5.74, 6) is 0.508. The van der Waals surface area contributed by atoms with Gasteiger partial charge >= 0.3 is 0 Å². The van der Waals surface area contributed by atoms with Gasteiger partial charge in [-0.25, -0.2) is 14.6 Å². The van der Waals surface area contributed by atoms with Gasteiger partial charge < -0.3 is 5.73 Å². The summed E-state index contributed by atoms with van der Waals surface area (Å²) in [5, 5.41) is 5.80. The van der Waals surface area contributed by atoms with E-state index in [9.17, 15) is 0 Å². The van der Waals surface area contributed by atoms with Crippen molar-refractivity contribution in [3.63, 3.8) is 0 Å². The highest BCUT2D eigenvalue weighted by Gasteiger charge is 2.22. The number of fused-ring (bicyclic) bond motifs is 1. The fourth-order valence-electron chi connectivity index (χ4n) is 3.55. The molecule has 2 N–H and O–H groups in total. The third-order valence-corrected chi connectivity index (χ3v) is 4.74. The van der Waals surface area contributed by atoms with Crippen LogP contribution in [0.1, 0.15) is 44.6 Å². The summed E-state index contributed by atoms with van der Waals surface area (Å²) in [5.41, 5.74) is 8.98. The number of nitrogens with two attached hydrogens (primary N) is 1. The Bertz CT molecular complexity index is 801. The second-order valence-electron chi connectivity index (χ2n) is 6.26. The highest BCUT2D eigenvalue weighted by Crippen LogP contribution is 2.35. The quantitative estimate of drug-likeness (QED) is 0.727. The van der Waals surface area contributed by atoms with Crippen LogP contribution in [-0.2, 0) is 0 Å². The van der Waals surface area contributed by atoms with Crippen molar-refractivity contribution in [2.75, 3.05) is 5.73 Å². The van der Waals surface area contributed by atoms with Gasteiger partial charge in [0.15, 0.2) is 5.65 Å². The molecule has 118 valence electrons. The average Bonchev–Trinajstić information content (AvgIpc) is 2.78. The number of rotatable bonds is 2. The van der Waals surface area contributed by atoms with Crippen molar-refractivity contribution in [1.29, 1.82) is 0 Å². The number of aromatic nitrogens is 4. The van der Waals surface area contributed by atoms with E-state index in [1.807, 2.05) is 18.2 Å². The summed E-state index contributed by atoms with van der Waals surface area (Å²) < 4.78 is 2.10. The molecule has 5 heteroatoms. The Labute approximate surface area is 135 Å². The molecule has 1 aliphatic rings. The van der Waals surface area contributed by atoms with Crippen LogP contribution in [0, 0.1) is 0 Å². The summed E-state index contributed by atoms with van der Waals surface area (Å²) in [4.78, 5) is 8.69. The zero-order valence-electron chi connectivity index (χ0n) is 13.2. The Morgan fingerprint density at radius 1 is 0.957 bits per heavy atom. The van der Waals surface area contributed by atoms with Crippen LogP contribution >= 0.6 is 0 Å². The summed E-state index contributed by atoms with van der Waals surface area (Å²) in [7, 11) is 0. The van der Waals surface area contributed by atoms with Gasteiger partial charge in [0.2, 0.25) is 0 Å². The maximum atomic E-state index is 6.16. The van der Waals surface area contributed by atoms with Gasteiger partial charge in [-0.1, -0.05) is 56.0 Å². The Balaban J connectivity index is 1.90. The fraction of sp³-hybridized carbons (Fsp3) is 0.389. The molecule has 2 heterocycles. The molecule has 23 heavy (non-hydrogen) atoms. The van der Waals surface area contributed by atoms with Crippen LogP contribution in [0.2, 0.25) is 0 Å². The van der Waals surface area contributed by atoms with Crippen molar-refractivity contribution < 1.29 is 0 Å². The van der Waals surface area contributed by atoms with Gasteiger partial charge in [-0.2, -0.15) is 5.10 Å². The van der Waals surface area contributed by atoms with Crippen molar-refractivity contribution in [1.82, 2.24) is 19.7 Å². The first-order valence-electron chi connectivity index (χ1n) is 8.38. The molecule has 4 rings (SSSR count). The maximum absolute atomic E-state index is 6.16. The first kappa shape index (κ1) is 14.2. The van der Waals surface area contributed by atoms with Crippen LogP contribution < -0.4 is 5.73 Å². The molecule has 0 atom stereocenters. The topological polar surface area (TPSA) is 69.6 Å². The third-order valence-electron chi connectivity index (χ3n) is 4.74. The number of hydrogen-bond donors (Lipinski definition) is 1. The lowest BCUT2D eigenvalue weighted by atomic mass is 10.1. The van der Waals surface area contributed by atoms with Crippen LogP contribution in [0.15, 0.2) is 36.7 Å². The molecule has 0 unspecified atom stereocenters. The standard InChI is InChI=1S/C18H21N5/c19-17-15-16(13-8-4-3-5-9-13)22-23(18(15)21-12-20-17)14-10-6-1-2-7-11-14/h3-5,8-9,12,14H,1-2,6-7,10-11H2,(H2,19,20,21). The predicted octanol–water partition coefficient (Wildman–Crippen LogP) is 3.97. The second-order valence-corrected chi connectivity index (χ2v) is 6.26. The molecule has 0 amide bonds. The monoisotopic (exact) mass is 307 g/mol. The first-order chi connectivity index (χ1) is 11.3. The summed E-state index contributed by atoms with van der Waals surface area (Å²) in [6, 6.07) is 10.6. The van der Waals surface area contributed by atoms with Gasteiger partial charge in [0, 0.05) is 5.56 Å². The zero-order valence-corrected chi connectivity index (χ0v) is 13.2. The molecule has 0 saturated heterocycles. The van der Waals surface area contributed by atoms with Crippen molar-refractivity contribution in [2.45, 2.75) is 44.6 Å². The molecule has 1 saturated carbocycles. The van der Waals surface area contributed by atoms with Crippen molar-refractivity contribution in [3.05, 3.63) is 36.7 Å². The smallest absolute Gasteiger partial charge is 0.164 e. The van der Waals surface area contributed by atoms with Crippen molar-refractivity contribution in [3.8, 4) is 11.3 Å². The largest absolute Gasteiger partial charge is 0.383 e. The molecule has 0 bridgehead atoms. The lowest BCUT2D eigenvalue weighted by Gasteiger charge is -2.15. The molecule has 0 spiro atoms. The third kappa shape index (κ3) is 2.56. The normalized spacial score (nSPS) is 16.5. The van der Waals surface area contributed by atoms with E-state index < -0.39 is 0 Å². The van der Waals surface area contributed by atoms with Gasteiger partial charge in [0.25, 0.3) is 0 Å². The van der Waals surface area contributed by atoms with E-state index in [4.69, 9.17) is 10.8 Å². The number of benzene rings is 1. The number of hydrogen-bond acceptors (Lipinski definition) is 4. The van der Waals surface area contributed by atoms with E-state index in [1.165, 1.54) is 25.7 Å². The average molecular weight is 307 g/mol. The zero-order chi connectivity index (χ0) is 15.6. The van der Waals surface area contributed by atoms with Crippen molar-refractivity contribution >= 4 is 16.9 Å². The maximum Gasteiger partial charge on any atom is 0.164 e. The molecular weight excluding hydrogens is 286 g/mol. The minimum absolute atomic E-state index is 0.409. The van der Waals surface area contributed by atoms with Crippen LogP contribution in [0.25, 0.3) is 22.3 Å². The van der Waals surface area contributed by atoms with E-state index >= 15 is 0 Å². The van der Waals surface area contributed by atoms with E-state index in [-0.39, 0.29) is 0 Å². The van der Waals surface area contributed by atoms with E-state index in [2.05, 4.69) is 26.8 Å². The van der Waals surface area contributed by atoms with E-state index in [1.54, 1.807) is 6.33 Å². The summed E-state index contributed by atoms with van der Waals surface area (Å²) in [6.07, 6.45) is 9.02. The van der Waals surface area contributed by atoms with Gasteiger partial charge in [-0.3, -0.25) is 0 Å². The highest BCUT2D eigenvalue weighted by atomic mass is 15.3. The SMILES string of the molecule is Nc1ncnc2c1c(-c1ccccc1)nn2C1CCCCCC1. The molecule has 2 aromatic heterocycles. The predicted molar refractivity (Wildman–Crippen MR) is 91.9 cm³/mol. The molecule has 1 aromatic carbocycles. The molecule has 5 nitrogen and oxygen atoms in total. The minimum Gasteiger partial charge on any atom is -0.383 e. The lowest BCUT2D eigenvalue weighted by Crippen LogP contribution is -2.10. The van der Waals surface area contributed by atoms with Crippen LogP contribution in [0.4, 0.5) is 5.82 Å². The van der Waals surface area contributed by atoms with Crippen LogP contribution in [0.5, 0.6) is 0 Å². The minimum atomic E-state index is 0.409. The number of anilines is 1. The van der Waals surface area contributed by atoms with Gasteiger partial charge in [-0.05, 0) is 12.8 Å². The molecule has 3 aromatic rings. The van der Waals surface area contributed by atoms with Crippen molar-refractivity contribution in [2.24, 2.45) is 0 Å². The van der Waals surface area contributed by atoms with E-state index in [0.717, 1.165) is 35.1 Å². The van der Waals surface area contributed by atoms with E-state index in [0.29, 0.717) is 11.9 Å². The molecule has 1 fully saturated rings. The Hall–Kier alpha value is -2.43. The first-order valence-corrected chi connectivity index (χ1v) is 8.38. The number of nitrogen functional groups attached to an aromatic ring is 1.